The molecule has 2 aromatic heterocycles. The second kappa shape index (κ2) is 4.56. The number of benzene rings is 1. The summed E-state index contributed by atoms with van der Waals surface area (Å²) < 4.78 is 0. The maximum absolute atomic E-state index is 5.91. The van der Waals surface area contributed by atoms with Crippen molar-refractivity contribution in [1.82, 2.24) is 9.97 Å². The zero-order chi connectivity index (χ0) is 13.5. The van der Waals surface area contributed by atoms with Gasteiger partial charge >= 0.3 is 0 Å². The van der Waals surface area contributed by atoms with E-state index in [2.05, 4.69) is 34.2 Å². The third-order valence-corrected chi connectivity index (χ3v) is 5.10. The molecule has 1 atom stereocenters. The average molecular weight is 281 g/mol. The van der Waals surface area contributed by atoms with E-state index in [1.165, 1.54) is 39.7 Å². The zero-order valence-electron chi connectivity index (χ0n) is 11.0. The van der Waals surface area contributed by atoms with Crippen molar-refractivity contribution in [3.05, 3.63) is 52.8 Å². The van der Waals surface area contributed by atoms with Gasteiger partial charge in [-0.25, -0.2) is 4.98 Å². The number of thiazole rings is 1. The molecule has 1 unspecified atom stereocenters. The first-order chi connectivity index (χ1) is 9.83. The second-order valence-electron chi connectivity index (χ2n) is 5.25. The highest BCUT2D eigenvalue weighted by molar-refractivity contribution is 7.15. The molecule has 3 nitrogen and oxygen atoms in total. The topological polar surface area (TPSA) is 51.8 Å². The minimum Gasteiger partial charge on any atom is -0.375 e. The summed E-state index contributed by atoms with van der Waals surface area (Å²) >= 11 is 1.65. The fourth-order valence-electron chi connectivity index (χ4n) is 3.19. The van der Waals surface area contributed by atoms with E-state index in [4.69, 9.17) is 5.73 Å². The lowest BCUT2D eigenvalue weighted by atomic mass is 9.84. The highest BCUT2D eigenvalue weighted by Gasteiger charge is 2.26. The third-order valence-electron chi connectivity index (χ3n) is 4.06. The van der Waals surface area contributed by atoms with Crippen molar-refractivity contribution >= 4 is 27.2 Å². The minimum absolute atomic E-state index is 0.430. The van der Waals surface area contributed by atoms with Crippen LogP contribution in [0.1, 0.15) is 34.9 Å². The molecule has 0 radical (unpaired) electrons. The Morgan fingerprint density at radius 2 is 2.20 bits per heavy atom. The van der Waals surface area contributed by atoms with Gasteiger partial charge in [0, 0.05) is 28.6 Å². The molecule has 1 aliphatic carbocycles. The lowest BCUT2D eigenvalue weighted by molar-refractivity contribution is 0.620. The summed E-state index contributed by atoms with van der Waals surface area (Å²) in [6, 6.07) is 8.59. The van der Waals surface area contributed by atoms with Crippen LogP contribution in [0.2, 0.25) is 0 Å². The molecule has 1 aromatic carbocycles. The third kappa shape index (κ3) is 1.79. The standard InChI is InChI=1S/C16H15N3S/c17-16-19-14-6-2-5-13(15(14)20-16)12-4-1-3-10-9-18-8-7-11(10)12/h1,3-4,7-9,13H,2,5-6H2,(H2,17,19). The van der Waals surface area contributed by atoms with Gasteiger partial charge in [0.2, 0.25) is 0 Å². The van der Waals surface area contributed by atoms with Crippen LogP contribution in [-0.2, 0) is 6.42 Å². The van der Waals surface area contributed by atoms with E-state index in [0.717, 1.165) is 6.42 Å². The van der Waals surface area contributed by atoms with Gasteiger partial charge in [-0.15, -0.1) is 11.3 Å². The van der Waals surface area contributed by atoms with Crippen molar-refractivity contribution in [2.75, 3.05) is 5.73 Å². The first-order valence-corrected chi connectivity index (χ1v) is 7.72. The van der Waals surface area contributed by atoms with Crippen molar-refractivity contribution in [3.63, 3.8) is 0 Å². The molecule has 0 saturated carbocycles. The number of aromatic nitrogens is 2. The second-order valence-corrected chi connectivity index (χ2v) is 6.31. The molecule has 0 aliphatic heterocycles. The molecule has 0 bridgehead atoms. The molecule has 2 N–H and O–H groups in total. The van der Waals surface area contributed by atoms with E-state index < -0.39 is 0 Å². The average Bonchev–Trinajstić information content (AvgIpc) is 2.87. The maximum Gasteiger partial charge on any atom is 0.180 e. The molecule has 0 spiro atoms. The number of rotatable bonds is 1. The van der Waals surface area contributed by atoms with Gasteiger partial charge in [0.1, 0.15) is 0 Å². The van der Waals surface area contributed by atoms with E-state index in [-0.39, 0.29) is 0 Å². The van der Waals surface area contributed by atoms with Crippen LogP contribution < -0.4 is 5.73 Å². The summed E-state index contributed by atoms with van der Waals surface area (Å²) in [7, 11) is 0. The van der Waals surface area contributed by atoms with Crippen LogP contribution in [0.15, 0.2) is 36.7 Å². The van der Waals surface area contributed by atoms with Gasteiger partial charge in [-0.2, -0.15) is 0 Å². The predicted octanol–water partition coefficient (Wildman–Crippen LogP) is 3.74. The van der Waals surface area contributed by atoms with Crippen molar-refractivity contribution in [2.24, 2.45) is 0 Å². The number of hydrogen-bond donors (Lipinski definition) is 1. The summed E-state index contributed by atoms with van der Waals surface area (Å²) in [5.74, 6) is 0.430. The molecule has 100 valence electrons. The highest BCUT2D eigenvalue weighted by atomic mass is 32.1. The van der Waals surface area contributed by atoms with Crippen LogP contribution in [0.25, 0.3) is 10.8 Å². The summed E-state index contributed by atoms with van der Waals surface area (Å²) in [4.78, 5) is 10.1. The van der Waals surface area contributed by atoms with Gasteiger partial charge in [-0.1, -0.05) is 18.2 Å². The van der Waals surface area contributed by atoms with Crippen molar-refractivity contribution in [2.45, 2.75) is 25.2 Å². The molecule has 0 saturated heterocycles. The largest absolute Gasteiger partial charge is 0.375 e. The summed E-state index contributed by atoms with van der Waals surface area (Å²) in [6.07, 6.45) is 7.23. The number of nitrogens with zero attached hydrogens (tertiary/aromatic N) is 2. The van der Waals surface area contributed by atoms with Crippen LogP contribution in [-0.4, -0.2) is 9.97 Å². The molecule has 20 heavy (non-hydrogen) atoms. The van der Waals surface area contributed by atoms with Crippen molar-refractivity contribution < 1.29 is 0 Å². The number of nitrogen functional groups attached to an aromatic ring is 1. The molecular formula is C16H15N3S. The van der Waals surface area contributed by atoms with Crippen LogP contribution in [0.5, 0.6) is 0 Å². The number of anilines is 1. The van der Waals surface area contributed by atoms with Gasteiger partial charge in [0.05, 0.1) is 5.69 Å². The van der Waals surface area contributed by atoms with Crippen molar-refractivity contribution in [1.29, 1.82) is 0 Å². The van der Waals surface area contributed by atoms with Crippen LogP contribution >= 0.6 is 11.3 Å². The Kier molecular flexibility index (Phi) is 2.70. The van der Waals surface area contributed by atoms with Gasteiger partial charge in [0.25, 0.3) is 0 Å². The quantitative estimate of drug-likeness (QED) is 0.739. The van der Waals surface area contributed by atoms with Gasteiger partial charge < -0.3 is 5.73 Å². The number of nitrogens with two attached hydrogens (primary N) is 1. The summed E-state index contributed by atoms with van der Waals surface area (Å²) in [5.41, 5.74) is 8.50. The number of pyridine rings is 1. The number of fused-ring (bicyclic) bond motifs is 2. The number of hydrogen-bond acceptors (Lipinski definition) is 4. The first-order valence-electron chi connectivity index (χ1n) is 6.90. The van der Waals surface area contributed by atoms with E-state index in [0.29, 0.717) is 11.0 Å². The van der Waals surface area contributed by atoms with Crippen LogP contribution in [0.3, 0.4) is 0 Å². The normalized spacial score (nSPS) is 18.1. The van der Waals surface area contributed by atoms with Crippen LogP contribution in [0, 0.1) is 0 Å². The molecule has 3 aromatic rings. The first kappa shape index (κ1) is 11.9. The summed E-state index contributed by atoms with van der Waals surface area (Å²) in [5, 5.41) is 3.20. The fraction of sp³-hybridized carbons (Fsp3) is 0.250. The Hall–Kier alpha value is -1.94. The van der Waals surface area contributed by atoms with Gasteiger partial charge in [-0.3, -0.25) is 4.98 Å². The van der Waals surface area contributed by atoms with Gasteiger partial charge in [0.15, 0.2) is 5.13 Å². The van der Waals surface area contributed by atoms with E-state index in [1.54, 1.807) is 11.3 Å². The van der Waals surface area contributed by atoms with Crippen LogP contribution in [0.4, 0.5) is 5.13 Å². The highest BCUT2D eigenvalue weighted by Crippen LogP contribution is 2.42. The predicted molar refractivity (Wildman–Crippen MR) is 83.1 cm³/mol. The zero-order valence-corrected chi connectivity index (χ0v) is 11.9. The maximum atomic E-state index is 5.91. The van der Waals surface area contributed by atoms with Gasteiger partial charge in [-0.05, 0) is 36.3 Å². The molecule has 4 rings (SSSR count). The Bertz CT molecular complexity index is 773. The molecule has 2 heterocycles. The monoisotopic (exact) mass is 281 g/mol. The van der Waals surface area contributed by atoms with Crippen molar-refractivity contribution in [3.8, 4) is 0 Å². The van der Waals surface area contributed by atoms with E-state index in [1.807, 2.05) is 12.4 Å². The molecule has 1 aliphatic rings. The van der Waals surface area contributed by atoms with E-state index >= 15 is 0 Å². The Morgan fingerprint density at radius 1 is 1.25 bits per heavy atom. The fourth-order valence-corrected chi connectivity index (χ4v) is 4.22. The lowest BCUT2D eigenvalue weighted by Gasteiger charge is -2.22. The minimum atomic E-state index is 0.430. The Morgan fingerprint density at radius 3 is 3.15 bits per heavy atom. The smallest absolute Gasteiger partial charge is 0.180 e. The molecule has 4 heteroatoms. The van der Waals surface area contributed by atoms with E-state index in [9.17, 15) is 0 Å². The summed E-state index contributed by atoms with van der Waals surface area (Å²) in [6.45, 7) is 0. The Balaban J connectivity index is 1.92. The number of aryl methyl sites for hydroxylation is 1. The SMILES string of the molecule is Nc1nc2c(s1)C(c1cccc3cnccc13)CCC2. The molecular weight excluding hydrogens is 266 g/mol. The lowest BCUT2D eigenvalue weighted by Crippen LogP contribution is -2.09. The molecule has 0 fully saturated rings. The molecule has 0 amide bonds. The Labute approximate surface area is 121 Å².